The average molecular weight is 313 g/mol. The molecule has 1 aromatic carbocycles. The average Bonchev–Trinajstić information content (AvgIpc) is 2.48. The molecule has 0 aliphatic carbocycles. The van der Waals surface area contributed by atoms with Crippen LogP contribution in [0.2, 0.25) is 5.02 Å². The van der Waals surface area contributed by atoms with E-state index in [4.69, 9.17) is 22.1 Å². The third-order valence-electron chi connectivity index (χ3n) is 3.58. The second kappa shape index (κ2) is 8.90. The number of carbonyl (C=O) groups is 1. The number of rotatable bonds is 8. The largest absolute Gasteiger partial charge is 0.494 e. The van der Waals surface area contributed by atoms with Crippen LogP contribution in [0.3, 0.4) is 0 Å². The van der Waals surface area contributed by atoms with Gasteiger partial charge in [0.25, 0.3) is 0 Å². The van der Waals surface area contributed by atoms with Crippen molar-refractivity contribution in [2.75, 3.05) is 13.2 Å². The van der Waals surface area contributed by atoms with Gasteiger partial charge < -0.3 is 15.8 Å². The van der Waals surface area contributed by atoms with E-state index in [0.29, 0.717) is 24.6 Å². The van der Waals surface area contributed by atoms with Crippen LogP contribution < -0.4 is 15.8 Å². The van der Waals surface area contributed by atoms with Gasteiger partial charge in [0, 0.05) is 11.6 Å². The molecule has 1 rings (SSSR count). The smallest absolute Gasteiger partial charge is 0.237 e. The van der Waals surface area contributed by atoms with E-state index >= 15 is 0 Å². The van der Waals surface area contributed by atoms with Crippen molar-refractivity contribution in [2.24, 2.45) is 11.7 Å². The Bertz CT molecular complexity index is 466. The first-order valence-electron chi connectivity index (χ1n) is 7.44. The van der Waals surface area contributed by atoms with E-state index in [1.807, 2.05) is 32.9 Å². The van der Waals surface area contributed by atoms with Gasteiger partial charge in [-0.25, -0.2) is 0 Å². The van der Waals surface area contributed by atoms with Crippen LogP contribution in [0.5, 0.6) is 5.75 Å². The monoisotopic (exact) mass is 312 g/mol. The number of nitrogens with one attached hydrogen (secondary N) is 1. The predicted octanol–water partition coefficient (Wildman–Crippen LogP) is 2.77. The fourth-order valence-electron chi connectivity index (χ4n) is 1.99. The van der Waals surface area contributed by atoms with Crippen molar-refractivity contribution in [3.63, 3.8) is 0 Å². The van der Waals surface area contributed by atoms with Crippen molar-refractivity contribution in [1.82, 2.24) is 5.32 Å². The zero-order valence-corrected chi connectivity index (χ0v) is 13.7. The van der Waals surface area contributed by atoms with Crippen LogP contribution in [-0.4, -0.2) is 25.1 Å². The summed E-state index contributed by atoms with van der Waals surface area (Å²) >= 11 is 6.01. The van der Waals surface area contributed by atoms with Crippen molar-refractivity contribution < 1.29 is 9.53 Å². The van der Waals surface area contributed by atoms with Crippen molar-refractivity contribution in [3.05, 3.63) is 28.8 Å². The van der Waals surface area contributed by atoms with E-state index < -0.39 is 6.04 Å². The summed E-state index contributed by atoms with van der Waals surface area (Å²) in [5.41, 5.74) is 6.88. The molecule has 0 radical (unpaired) electrons. The van der Waals surface area contributed by atoms with Crippen molar-refractivity contribution in [2.45, 2.75) is 39.7 Å². The molecule has 0 aliphatic heterocycles. The van der Waals surface area contributed by atoms with Crippen molar-refractivity contribution in [1.29, 1.82) is 0 Å². The molecule has 0 aromatic heterocycles. The van der Waals surface area contributed by atoms with Gasteiger partial charge in [0.1, 0.15) is 5.75 Å². The van der Waals surface area contributed by atoms with Gasteiger partial charge in [0.05, 0.1) is 12.6 Å². The Morgan fingerprint density at radius 2 is 2.14 bits per heavy atom. The van der Waals surface area contributed by atoms with E-state index in [9.17, 15) is 4.79 Å². The fourth-order valence-corrected chi connectivity index (χ4v) is 2.18. The standard InChI is InChI=1S/C16H25ClN2O2/c1-4-11(3)15(18)16(20)19-9-8-12-10-13(17)6-7-14(12)21-5-2/h6-7,10-11,15H,4-5,8-9,18H2,1-3H3,(H,19,20). The highest BCUT2D eigenvalue weighted by molar-refractivity contribution is 6.30. The Morgan fingerprint density at radius 3 is 2.76 bits per heavy atom. The molecule has 1 aromatic rings. The normalized spacial score (nSPS) is 13.6. The Morgan fingerprint density at radius 1 is 1.43 bits per heavy atom. The van der Waals surface area contributed by atoms with Crippen LogP contribution in [0.15, 0.2) is 18.2 Å². The van der Waals surface area contributed by atoms with Gasteiger partial charge in [-0.3, -0.25) is 4.79 Å². The molecule has 0 aliphatic rings. The predicted molar refractivity (Wildman–Crippen MR) is 86.8 cm³/mol. The highest BCUT2D eigenvalue weighted by atomic mass is 35.5. The molecule has 3 N–H and O–H groups in total. The lowest BCUT2D eigenvalue weighted by molar-refractivity contribution is -0.123. The fraction of sp³-hybridized carbons (Fsp3) is 0.562. The maximum Gasteiger partial charge on any atom is 0.237 e. The third kappa shape index (κ3) is 5.56. The van der Waals surface area contributed by atoms with Gasteiger partial charge in [-0.2, -0.15) is 0 Å². The third-order valence-corrected chi connectivity index (χ3v) is 3.81. The SMILES string of the molecule is CCOc1ccc(Cl)cc1CCNC(=O)C(N)C(C)CC. The molecule has 5 heteroatoms. The number of hydrogen-bond donors (Lipinski definition) is 2. The van der Waals surface area contributed by atoms with Gasteiger partial charge in [0.15, 0.2) is 0 Å². The molecular weight excluding hydrogens is 288 g/mol. The minimum Gasteiger partial charge on any atom is -0.494 e. The molecule has 0 heterocycles. The molecule has 2 unspecified atom stereocenters. The first-order chi connectivity index (χ1) is 9.99. The lowest BCUT2D eigenvalue weighted by Gasteiger charge is -2.18. The molecule has 0 bridgehead atoms. The van der Waals surface area contributed by atoms with E-state index in [2.05, 4.69) is 5.32 Å². The number of nitrogens with two attached hydrogens (primary N) is 1. The minimum atomic E-state index is -0.458. The quantitative estimate of drug-likeness (QED) is 0.776. The minimum absolute atomic E-state index is 0.107. The zero-order valence-electron chi connectivity index (χ0n) is 13.0. The van der Waals surface area contributed by atoms with E-state index in [-0.39, 0.29) is 11.8 Å². The molecule has 118 valence electrons. The summed E-state index contributed by atoms with van der Waals surface area (Å²) in [6.07, 6.45) is 1.55. The Labute approximate surface area is 132 Å². The highest BCUT2D eigenvalue weighted by Gasteiger charge is 2.18. The Kier molecular flexibility index (Phi) is 7.54. The zero-order chi connectivity index (χ0) is 15.8. The van der Waals surface area contributed by atoms with Crippen LogP contribution in [-0.2, 0) is 11.2 Å². The first kappa shape index (κ1) is 17.8. The van der Waals surface area contributed by atoms with E-state index in [1.165, 1.54) is 0 Å². The summed E-state index contributed by atoms with van der Waals surface area (Å²) in [4.78, 5) is 11.9. The molecule has 0 fully saturated rings. The number of benzene rings is 1. The summed E-state index contributed by atoms with van der Waals surface area (Å²) < 4.78 is 5.56. The van der Waals surface area contributed by atoms with Gasteiger partial charge in [-0.1, -0.05) is 31.9 Å². The van der Waals surface area contributed by atoms with Gasteiger partial charge in [0.2, 0.25) is 5.91 Å². The lowest BCUT2D eigenvalue weighted by Crippen LogP contribution is -2.45. The van der Waals surface area contributed by atoms with Gasteiger partial charge >= 0.3 is 0 Å². The molecule has 0 saturated carbocycles. The van der Waals surface area contributed by atoms with Gasteiger partial charge in [-0.05, 0) is 43.0 Å². The summed E-state index contributed by atoms with van der Waals surface area (Å²) in [6, 6.07) is 5.06. The summed E-state index contributed by atoms with van der Waals surface area (Å²) in [6.45, 7) is 7.06. The summed E-state index contributed by atoms with van der Waals surface area (Å²) in [5.74, 6) is 0.877. The maximum atomic E-state index is 11.9. The number of ether oxygens (including phenoxy) is 1. The first-order valence-corrected chi connectivity index (χ1v) is 7.81. The van der Waals surface area contributed by atoms with E-state index in [0.717, 1.165) is 17.7 Å². The Hall–Kier alpha value is -1.26. The second-order valence-corrected chi connectivity index (χ2v) is 5.57. The number of carbonyl (C=O) groups excluding carboxylic acids is 1. The van der Waals surface area contributed by atoms with Crippen LogP contribution >= 0.6 is 11.6 Å². The van der Waals surface area contributed by atoms with Crippen LogP contribution in [0.4, 0.5) is 0 Å². The van der Waals surface area contributed by atoms with Crippen LogP contribution in [0.25, 0.3) is 0 Å². The van der Waals surface area contributed by atoms with Crippen LogP contribution in [0, 0.1) is 5.92 Å². The van der Waals surface area contributed by atoms with Crippen molar-refractivity contribution >= 4 is 17.5 Å². The number of halogens is 1. The van der Waals surface area contributed by atoms with Crippen molar-refractivity contribution in [3.8, 4) is 5.75 Å². The summed E-state index contributed by atoms with van der Waals surface area (Å²) in [7, 11) is 0. The molecule has 0 saturated heterocycles. The molecular formula is C16H25ClN2O2. The van der Waals surface area contributed by atoms with E-state index in [1.54, 1.807) is 6.07 Å². The molecule has 1 amide bonds. The molecule has 0 spiro atoms. The summed E-state index contributed by atoms with van der Waals surface area (Å²) in [5, 5.41) is 3.54. The lowest BCUT2D eigenvalue weighted by atomic mass is 9.99. The Balaban J connectivity index is 2.55. The topological polar surface area (TPSA) is 64.3 Å². The number of hydrogen-bond acceptors (Lipinski definition) is 3. The highest BCUT2D eigenvalue weighted by Crippen LogP contribution is 2.23. The molecule has 2 atom stereocenters. The number of amides is 1. The maximum absolute atomic E-state index is 11.9. The second-order valence-electron chi connectivity index (χ2n) is 5.14. The molecule has 4 nitrogen and oxygen atoms in total. The van der Waals surface area contributed by atoms with Gasteiger partial charge in [-0.15, -0.1) is 0 Å². The van der Waals surface area contributed by atoms with Crippen LogP contribution in [0.1, 0.15) is 32.8 Å². The molecule has 21 heavy (non-hydrogen) atoms.